The SMILES string of the molecule is Cn1c(=O)c2c(ncn2CC(=O)OCC(=O)Nc2ncc(S(=O)(=O)c3ccc([N+](=O)[O-])cc3)s2)n(C)c1=O. The molecule has 0 bridgehead atoms. The molecule has 0 saturated heterocycles. The normalized spacial score (nSPS) is 11.4. The summed E-state index contributed by atoms with van der Waals surface area (Å²) in [5.74, 6) is -1.68. The van der Waals surface area contributed by atoms with Crippen molar-refractivity contribution in [3.63, 3.8) is 0 Å². The summed E-state index contributed by atoms with van der Waals surface area (Å²) in [5, 5.41) is 13.0. The van der Waals surface area contributed by atoms with Crippen molar-refractivity contribution < 1.29 is 27.7 Å². The van der Waals surface area contributed by atoms with Gasteiger partial charge in [-0.25, -0.2) is 23.2 Å². The van der Waals surface area contributed by atoms with Crippen molar-refractivity contribution >= 4 is 55.0 Å². The Hall–Kier alpha value is -4.71. The molecule has 0 fully saturated rings. The fraction of sp³-hybridized carbons (Fsp3) is 0.200. The number of sulfone groups is 1. The zero-order valence-electron chi connectivity index (χ0n) is 19.6. The van der Waals surface area contributed by atoms with Gasteiger partial charge in [0.05, 0.1) is 22.3 Å². The molecule has 0 aliphatic rings. The number of amides is 1. The van der Waals surface area contributed by atoms with Gasteiger partial charge in [0.1, 0.15) is 10.8 Å². The molecule has 0 radical (unpaired) electrons. The van der Waals surface area contributed by atoms with Gasteiger partial charge in [0.15, 0.2) is 22.9 Å². The largest absolute Gasteiger partial charge is 0.454 e. The summed E-state index contributed by atoms with van der Waals surface area (Å²) in [6.45, 7) is -1.20. The first kappa shape index (κ1) is 26.4. The molecule has 0 aliphatic heterocycles. The second-order valence-electron chi connectivity index (χ2n) is 7.70. The van der Waals surface area contributed by atoms with Gasteiger partial charge in [0.2, 0.25) is 9.84 Å². The smallest absolute Gasteiger partial charge is 0.332 e. The number of nitrogens with one attached hydrogen (secondary N) is 1. The summed E-state index contributed by atoms with van der Waals surface area (Å²) in [7, 11) is -1.34. The maximum atomic E-state index is 12.7. The average Bonchev–Trinajstić information content (AvgIpc) is 3.53. The number of nitro groups is 1. The molecule has 16 nitrogen and oxygen atoms in total. The van der Waals surface area contributed by atoms with E-state index in [1.807, 2.05) is 0 Å². The van der Waals surface area contributed by atoms with E-state index in [1.165, 1.54) is 25.0 Å². The highest BCUT2D eigenvalue weighted by atomic mass is 32.2. The third kappa shape index (κ3) is 4.93. The zero-order chi connectivity index (χ0) is 27.8. The minimum absolute atomic E-state index is 0.000506. The van der Waals surface area contributed by atoms with E-state index in [0.29, 0.717) is 11.3 Å². The molecule has 4 aromatic rings. The molecule has 3 heterocycles. The number of hydrogen-bond donors (Lipinski definition) is 1. The Balaban J connectivity index is 1.38. The van der Waals surface area contributed by atoms with E-state index < -0.39 is 51.0 Å². The van der Waals surface area contributed by atoms with E-state index in [4.69, 9.17) is 4.74 Å². The fourth-order valence-electron chi connectivity index (χ4n) is 3.31. The Labute approximate surface area is 215 Å². The topological polar surface area (TPSA) is 207 Å². The Kier molecular flexibility index (Phi) is 6.92. The number of imidazole rings is 1. The van der Waals surface area contributed by atoms with Crippen LogP contribution in [0.5, 0.6) is 0 Å². The maximum Gasteiger partial charge on any atom is 0.332 e. The van der Waals surface area contributed by atoms with Crippen molar-refractivity contribution in [1.29, 1.82) is 0 Å². The van der Waals surface area contributed by atoms with Crippen LogP contribution < -0.4 is 16.6 Å². The Morgan fingerprint density at radius 2 is 1.82 bits per heavy atom. The van der Waals surface area contributed by atoms with Crippen LogP contribution in [0.4, 0.5) is 10.8 Å². The van der Waals surface area contributed by atoms with Gasteiger partial charge in [-0.3, -0.25) is 38.9 Å². The molecular weight excluding hydrogens is 546 g/mol. The van der Waals surface area contributed by atoms with Crippen LogP contribution in [0.1, 0.15) is 0 Å². The number of hydrogen-bond acceptors (Lipinski definition) is 12. The molecule has 0 aliphatic carbocycles. The summed E-state index contributed by atoms with van der Waals surface area (Å²) in [6, 6.07) is 4.28. The number of esters is 1. The van der Waals surface area contributed by atoms with Gasteiger partial charge < -0.3 is 9.30 Å². The van der Waals surface area contributed by atoms with Crippen molar-refractivity contribution in [3.05, 3.63) is 67.7 Å². The lowest BCUT2D eigenvalue weighted by Gasteiger charge is -2.07. The minimum Gasteiger partial charge on any atom is -0.454 e. The molecule has 3 aromatic heterocycles. The van der Waals surface area contributed by atoms with E-state index in [2.05, 4.69) is 15.3 Å². The number of aryl methyl sites for hydroxylation is 1. The predicted octanol–water partition coefficient (Wildman–Crippen LogP) is -0.187. The number of rotatable bonds is 8. The van der Waals surface area contributed by atoms with Crippen molar-refractivity contribution in [2.75, 3.05) is 11.9 Å². The molecule has 0 atom stereocenters. The molecule has 0 spiro atoms. The minimum atomic E-state index is -4.04. The Morgan fingerprint density at radius 1 is 1.13 bits per heavy atom. The van der Waals surface area contributed by atoms with Crippen LogP contribution in [0.3, 0.4) is 0 Å². The van der Waals surface area contributed by atoms with Crippen molar-refractivity contribution in [2.45, 2.75) is 15.6 Å². The van der Waals surface area contributed by atoms with E-state index in [-0.39, 0.29) is 31.1 Å². The van der Waals surface area contributed by atoms with Crippen LogP contribution in [0, 0.1) is 10.1 Å². The lowest BCUT2D eigenvalue weighted by atomic mass is 10.3. The standard InChI is InChI=1S/C20H17N7O9S2/c1-24-17-16(18(30)25(2)20(24)31)26(10-22-17)8-14(29)36-9-13(28)23-19-21-7-15(37-19)38(34,35)12-5-3-11(4-6-12)27(32)33/h3-7,10H,8-9H2,1-2H3,(H,21,23,28). The summed E-state index contributed by atoms with van der Waals surface area (Å²) in [4.78, 5) is 66.6. The molecule has 0 saturated carbocycles. The molecule has 1 N–H and O–H groups in total. The van der Waals surface area contributed by atoms with Crippen LogP contribution in [0.2, 0.25) is 0 Å². The van der Waals surface area contributed by atoms with Crippen LogP contribution >= 0.6 is 11.3 Å². The molecular formula is C20H17N7O9S2. The van der Waals surface area contributed by atoms with Gasteiger partial charge in [0, 0.05) is 26.2 Å². The van der Waals surface area contributed by atoms with Gasteiger partial charge in [-0.05, 0) is 12.1 Å². The number of nitro benzene ring substituents is 1. The number of benzene rings is 1. The Morgan fingerprint density at radius 3 is 2.47 bits per heavy atom. The number of nitrogens with zero attached hydrogens (tertiary/aromatic N) is 6. The lowest BCUT2D eigenvalue weighted by molar-refractivity contribution is -0.384. The number of ether oxygens (including phenoxy) is 1. The molecule has 1 amide bonds. The lowest BCUT2D eigenvalue weighted by Crippen LogP contribution is -2.37. The second kappa shape index (κ2) is 9.98. The highest BCUT2D eigenvalue weighted by molar-refractivity contribution is 7.93. The van der Waals surface area contributed by atoms with E-state index in [9.17, 15) is 37.7 Å². The zero-order valence-corrected chi connectivity index (χ0v) is 21.2. The molecule has 38 heavy (non-hydrogen) atoms. The van der Waals surface area contributed by atoms with E-state index in [0.717, 1.165) is 39.6 Å². The van der Waals surface area contributed by atoms with E-state index >= 15 is 0 Å². The van der Waals surface area contributed by atoms with Crippen LogP contribution in [0.15, 0.2) is 55.5 Å². The highest BCUT2D eigenvalue weighted by Crippen LogP contribution is 2.29. The first-order valence-electron chi connectivity index (χ1n) is 10.4. The number of fused-ring (bicyclic) bond motifs is 1. The summed E-state index contributed by atoms with van der Waals surface area (Å²) in [6.07, 6.45) is 2.20. The Bertz CT molecular complexity index is 1820. The fourth-order valence-corrected chi connectivity index (χ4v) is 5.76. The van der Waals surface area contributed by atoms with Crippen LogP contribution in [0.25, 0.3) is 11.2 Å². The summed E-state index contributed by atoms with van der Waals surface area (Å²) >= 11 is 0.636. The monoisotopic (exact) mass is 563 g/mol. The summed E-state index contributed by atoms with van der Waals surface area (Å²) in [5.41, 5.74) is -1.44. The number of aromatic nitrogens is 5. The van der Waals surface area contributed by atoms with Crippen molar-refractivity contribution in [2.24, 2.45) is 14.1 Å². The third-order valence-electron chi connectivity index (χ3n) is 5.23. The highest BCUT2D eigenvalue weighted by Gasteiger charge is 2.23. The van der Waals surface area contributed by atoms with E-state index in [1.54, 1.807) is 0 Å². The number of carbonyl (C=O) groups excluding carboxylic acids is 2. The number of thiazole rings is 1. The molecule has 4 rings (SSSR count). The average molecular weight is 564 g/mol. The van der Waals surface area contributed by atoms with Gasteiger partial charge in [-0.15, -0.1) is 0 Å². The first-order valence-corrected chi connectivity index (χ1v) is 12.7. The molecule has 0 unspecified atom stereocenters. The second-order valence-corrected chi connectivity index (χ2v) is 10.9. The van der Waals surface area contributed by atoms with Crippen LogP contribution in [-0.2, 0) is 44.8 Å². The molecule has 198 valence electrons. The van der Waals surface area contributed by atoms with Gasteiger partial charge in [0.25, 0.3) is 17.2 Å². The van der Waals surface area contributed by atoms with Gasteiger partial charge in [-0.1, -0.05) is 11.3 Å². The third-order valence-corrected chi connectivity index (χ3v) is 8.38. The maximum absolute atomic E-state index is 12.7. The molecule has 1 aromatic carbocycles. The van der Waals surface area contributed by atoms with Gasteiger partial charge in [-0.2, -0.15) is 0 Å². The number of carbonyl (C=O) groups is 2. The quantitative estimate of drug-likeness (QED) is 0.169. The predicted molar refractivity (Wildman–Crippen MR) is 130 cm³/mol. The van der Waals surface area contributed by atoms with Crippen molar-refractivity contribution in [1.82, 2.24) is 23.7 Å². The number of non-ortho nitro benzene ring substituents is 1. The molecule has 18 heteroatoms. The van der Waals surface area contributed by atoms with Gasteiger partial charge >= 0.3 is 11.7 Å². The first-order chi connectivity index (χ1) is 17.9. The summed E-state index contributed by atoms with van der Waals surface area (Å²) < 4.78 is 33.4. The van der Waals surface area contributed by atoms with Crippen LogP contribution in [-0.4, -0.2) is 55.5 Å². The van der Waals surface area contributed by atoms with Crippen molar-refractivity contribution in [3.8, 4) is 0 Å². The number of anilines is 1.